The Hall–Kier alpha value is -4.93. The number of aliphatic hydroxyl groups is 1. The molecule has 3 saturated heterocycles. The fourth-order valence-electron chi connectivity index (χ4n) is 8.92. The van der Waals surface area contributed by atoms with Crippen molar-refractivity contribution in [3.05, 3.63) is 110 Å². The Morgan fingerprint density at radius 1 is 0.887 bits per heavy atom. The molecule has 0 saturated carbocycles. The molecule has 1 spiro atoms. The van der Waals surface area contributed by atoms with Crippen LogP contribution >= 0.6 is 0 Å². The van der Waals surface area contributed by atoms with Crippen molar-refractivity contribution in [2.24, 2.45) is 11.8 Å². The monoisotopic (exact) mass is 720 g/mol. The Morgan fingerprint density at radius 3 is 2.00 bits per heavy atom. The van der Waals surface area contributed by atoms with E-state index in [1.54, 1.807) is 22.0 Å². The predicted octanol–water partition coefficient (Wildman–Crippen LogP) is 6.17. The number of amides is 3. The summed E-state index contributed by atoms with van der Waals surface area (Å²) in [6.45, 7) is 18.0. The van der Waals surface area contributed by atoms with Gasteiger partial charge in [-0.25, -0.2) is 0 Å². The molecule has 2 unspecified atom stereocenters. The van der Waals surface area contributed by atoms with Gasteiger partial charge in [0.2, 0.25) is 11.8 Å². The largest absolute Gasteiger partial charge is 0.494 e. The lowest BCUT2D eigenvalue weighted by atomic mass is 9.66. The number of anilines is 3. The number of hydrogen-bond acceptors (Lipinski definition) is 7. The number of fused-ring (bicyclic) bond motifs is 1. The number of hydrogen-bond donors (Lipinski definition) is 1. The maximum absolute atomic E-state index is 15.3. The molecule has 6 rings (SSSR count). The van der Waals surface area contributed by atoms with Gasteiger partial charge in [-0.2, -0.15) is 0 Å². The van der Waals surface area contributed by atoms with Crippen LogP contribution in [0.2, 0.25) is 0 Å². The minimum absolute atomic E-state index is 0.183. The van der Waals surface area contributed by atoms with E-state index in [4.69, 9.17) is 9.47 Å². The van der Waals surface area contributed by atoms with E-state index in [0.29, 0.717) is 42.1 Å². The van der Waals surface area contributed by atoms with E-state index in [1.165, 1.54) is 4.90 Å². The molecule has 6 atom stereocenters. The molecule has 1 N–H and O–H groups in total. The molecule has 3 heterocycles. The molecule has 0 radical (unpaired) electrons. The van der Waals surface area contributed by atoms with Gasteiger partial charge in [0, 0.05) is 43.2 Å². The third-order valence-corrected chi connectivity index (χ3v) is 11.3. The Morgan fingerprint density at radius 2 is 1.45 bits per heavy atom. The average Bonchev–Trinajstić information content (AvgIpc) is 3.75. The number of nitrogens with zero attached hydrogens (tertiary/aromatic N) is 4. The van der Waals surface area contributed by atoms with Crippen LogP contribution in [0.25, 0.3) is 0 Å². The average molecular weight is 721 g/mol. The Kier molecular flexibility index (Phi) is 11.1. The number of rotatable bonds is 16. The summed E-state index contributed by atoms with van der Waals surface area (Å²) in [5.41, 5.74) is 0.679. The molecule has 3 fully saturated rings. The van der Waals surface area contributed by atoms with Crippen molar-refractivity contribution in [3.8, 4) is 5.75 Å². The van der Waals surface area contributed by atoms with Gasteiger partial charge in [0.1, 0.15) is 17.4 Å². The second kappa shape index (κ2) is 15.6. The van der Waals surface area contributed by atoms with E-state index in [0.717, 1.165) is 18.8 Å². The fraction of sp³-hybridized carbons (Fsp3) is 0.419. The van der Waals surface area contributed by atoms with Crippen LogP contribution in [0.15, 0.2) is 104 Å². The molecule has 0 aliphatic carbocycles. The summed E-state index contributed by atoms with van der Waals surface area (Å²) in [5.74, 6) is -2.19. The van der Waals surface area contributed by atoms with Crippen LogP contribution < -0.4 is 19.4 Å². The van der Waals surface area contributed by atoms with Gasteiger partial charge < -0.3 is 34.2 Å². The number of benzene rings is 3. The molecule has 3 aliphatic heterocycles. The van der Waals surface area contributed by atoms with Crippen molar-refractivity contribution in [1.29, 1.82) is 0 Å². The number of ether oxygens (including phenoxy) is 2. The predicted molar refractivity (Wildman–Crippen MR) is 208 cm³/mol. The Labute approximate surface area is 313 Å². The summed E-state index contributed by atoms with van der Waals surface area (Å²) in [6, 6.07) is 22.3. The van der Waals surface area contributed by atoms with Crippen LogP contribution in [0.3, 0.4) is 0 Å². The Balaban J connectivity index is 1.46. The first-order chi connectivity index (χ1) is 25.6. The molecule has 280 valence electrons. The number of likely N-dealkylation sites (tertiary alicyclic amines) is 1. The van der Waals surface area contributed by atoms with Crippen molar-refractivity contribution >= 4 is 34.8 Å². The first-order valence-electron chi connectivity index (χ1n) is 18.7. The van der Waals surface area contributed by atoms with Crippen LogP contribution in [0, 0.1) is 11.8 Å². The maximum atomic E-state index is 15.3. The molecule has 10 heteroatoms. The van der Waals surface area contributed by atoms with Crippen LogP contribution in [-0.4, -0.2) is 84.4 Å². The van der Waals surface area contributed by atoms with Crippen LogP contribution in [0.1, 0.15) is 52.1 Å². The van der Waals surface area contributed by atoms with E-state index in [-0.39, 0.29) is 30.8 Å². The van der Waals surface area contributed by atoms with Gasteiger partial charge in [-0.3, -0.25) is 14.4 Å². The lowest BCUT2D eigenvalue weighted by molar-refractivity contribution is -0.148. The second-order valence-corrected chi connectivity index (χ2v) is 14.2. The van der Waals surface area contributed by atoms with Crippen LogP contribution in [0.4, 0.5) is 17.1 Å². The zero-order chi connectivity index (χ0) is 37.9. The minimum Gasteiger partial charge on any atom is -0.494 e. The quantitative estimate of drug-likeness (QED) is 0.177. The second-order valence-electron chi connectivity index (χ2n) is 14.2. The summed E-state index contributed by atoms with van der Waals surface area (Å²) in [5, 5.41) is 11.0. The van der Waals surface area contributed by atoms with Gasteiger partial charge in [0.05, 0.1) is 36.7 Å². The summed E-state index contributed by atoms with van der Waals surface area (Å²) in [6.07, 6.45) is 4.20. The molecular weight excluding hydrogens is 668 g/mol. The zero-order valence-electron chi connectivity index (χ0n) is 31.3. The van der Waals surface area contributed by atoms with Gasteiger partial charge in [-0.05, 0) is 94.6 Å². The molecule has 2 bridgehead atoms. The van der Waals surface area contributed by atoms with Crippen molar-refractivity contribution in [2.75, 3.05) is 54.1 Å². The van der Waals surface area contributed by atoms with E-state index in [9.17, 15) is 9.90 Å². The van der Waals surface area contributed by atoms with E-state index < -0.39 is 41.7 Å². The molecule has 10 nitrogen and oxygen atoms in total. The zero-order valence-corrected chi connectivity index (χ0v) is 31.3. The summed E-state index contributed by atoms with van der Waals surface area (Å²) < 4.78 is 12.7. The highest BCUT2D eigenvalue weighted by molar-refractivity contribution is 6.07. The van der Waals surface area contributed by atoms with Crippen molar-refractivity contribution in [3.63, 3.8) is 0 Å². The van der Waals surface area contributed by atoms with Crippen molar-refractivity contribution in [1.82, 2.24) is 4.90 Å². The maximum Gasteiger partial charge on any atom is 0.253 e. The van der Waals surface area contributed by atoms with Crippen molar-refractivity contribution in [2.45, 2.75) is 63.8 Å². The van der Waals surface area contributed by atoms with E-state index in [1.807, 2.05) is 92.7 Å². The molecule has 3 aromatic carbocycles. The van der Waals surface area contributed by atoms with Gasteiger partial charge in [0.25, 0.3) is 5.91 Å². The first kappa shape index (κ1) is 37.8. The van der Waals surface area contributed by atoms with Crippen molar-refractivity contribution < 1.29 is 29.0 Å². The molecule has 53 heavy (non-hydrogen) atoms. The fourth-order valence-corrected chi connectivity index (χ4v) is 8.92. The Bertz CT molecular complexity index is 1800. The van der Waals surface area contributed by atoms with E-state index in [2.05, 4.69) is 31.9 Å². The standard InChI is InChI=1S/C43H52N4O6/c1-7-27-45(33-21-23-34(24-22-33)52-11-5)39(49)36-37-40(50)47(35(29-48)30-15-13-12-14-16-30)38(43(37)26-25-42(36,6)53-43)41(51)46(28-8-2)32-19-17-31(18-20-32)44(9-3)10-4/h7-8,12-24,35-38,48H,1-2,9-11,25-29H2,3-6H3/t35-,36+,37+,38?,42-,43?/m1/s1. The van der Waals surface area contributed by atoms with Crippen LogP contribution in [-0.2, 0) is 19.1 Å². The normalized spacial score (nSPS) is 24.7. The highest BCUT2D eigenvalue weighted by Gasteiger charge is 2.79. The first-order valence-corrected chi connectivity index (χ1v) is 18.7. The highest BCUT2D eigenvalue weighted by atomic mass is 16.5. The topological polar surface area (TPSA) is 103 Å². The number of carbonyl (C=O) groups is 3. The third kappa shape index (κ3) is 6.52. The molecule has 3 aliphatic rings. The SMILES string of the molecule is C=CCN(C(=O)C1N([C@H](CO)c2ccccc2)C(=O)[C@@H]2[C@@H](C(=O)N(CC=C)c3ccc(OCC)cc3)[C@@]3(C)CCC12O3)c1ccc(N(CC)CC)cc1. The smallest absolute Gasteiger partial charge is 0.253 e. The summed E-state index contributed by atoms with van der Waals surface area (Å²) in [4.78, 5) is 52.5. The van der Waals surface area contributed by atoms with E-state index >= 15 is 9.59 Å². The minimum atomic E-state index is -1.31. The lowest BCUT2D eigenvalue weighted by Crippen LogP contribution is -2.57. The molecular formula is C43H52N4O6. The summed E-state index contributed by atoms with van der Waals surface area (Å²) in [7, 11) is 0. The third-order valence-electron chi connectivity index (χ3n) is 11.3. The highest BCUT2D eigenvalue weighted by Crippen LogP contribution is 2.64. The van der Waals surface area contributed by atoms with Gasteiger partial charge >= 0.3 is 0 Å². The number of aliphatic hydroxyl groups excluding tert-OH is 1. The lowest BCUT2D eigenvalue weighted by Gasteiger charge is -2.39. The van der Waals surface area contributed by atoms with Gasteiger partial charge in [0.15, 0.2) is 0 Å². The number of carbonyl (C=O) groups excluding carboxylic acids is 3. The molecule has 3 amide bonds. The van der Waals surface area contributed by atoms with Gasteiger partial charge in [-0.15, -0.1) is 13.2 Å². The molecule has 0 aromatic heterocycles. The van der Waals surface area contributed by atoms with Gasteiger partial charge in [-0.1, -0.05) is 42.5 Å². The summed E-state index contributed by atoms with van der Waals surface area (Å²) >= 11 is 0. The van der Waals surface area contributed by atoms with Crippen LogP contribution in [0.5, 0.6) is 5.75 Å². The molecule has 3 aromatic rings.